The number of carbonyl (C=O) groups excluding carboxylic acids is 1. The molecule has 1 aliphatic carbocycles. The lowest BCUT2D eigenvalue weighted by molar-refractivity contribution is -0.121. The molecule has 1 aliphatic rings. The highest BCUT2D eigenvalue weighted by molar-refractivity contribution is 5.77. The maximum Gasteiger partial charge on any atom is 0.220 e. The molecule has 0 radical (unpaired) electrons. The number of nitrogens with one attached hydrogen (secondary N) is 1. The summed E-state index contributed by atoms with van der Waals surface area (Å²) in [6.45, 7) is 0.534. The van der Waals surface area contributed by atoms with E-state index in [9.17, 15) is 4.79 Å². The summed E-state index contributed by atoms with van der Waals surface area (Å²) in [5, 5.41) is 3.00. The van der Waals surface area contributed by atoms with Crippen LogP contribution in [0.4, 0.5) is 0 Å². The summed E-state index contributed by atoms with van der Waals surface area (Å²) >= 11 is 0. The van der Waals surface area contributed by atoms with Crippen LogP contribution in [0.15, 0.2) is 48.8 Å². The fourth-order valence-electron chi connectivity index (χ4n) is 2.88. The minimum Gasteiger partial charge on any atom is -0.497 e. The van der Waals surface area contributed by atoms with Crippen LogP contribution in [0.1, 0.15) is 36.3 Å². The Balaban J connectivity index is 1.59. The van der Waals surface area contributed by atoms with Gasteiger partial charge in [-0.15, -0.1) is 0 Å². The highest BCUT2D eigenvalue weighted by Gasteiger charge is 2.33. The van der Waals surface area contributed by atoms with Gasteiger partial charge in [0, 0.05) is 25.4 Å². The fourth-order valence-corrected chi connectivity index (χ4v) is 2.88. The summed E-state index contributed by atoms with van der Waals surface area (Å²) in [4.78, 5) is 16.4. The third kappa shape index (κ3) is 4.31. The van der Waals surface area contributed by atoms with Crippen LogP contribution in [-0.4, -0.2) is 18.0 Å². The Labute approximate surface area is 136 Å². The van der Waals surface area contributed by atoms with Gasteiger partial charge < -0.3 is 10.1 Å². The number of benzene rings is 1. The van der Waals surface area contributed by atoms with Crippen molar-refractivity contribution in [1.82, 2.24) is 10.3 Å². The molecule has 120 valence electrons. The Morgan fingerprint density at radius 1 is 1.30 bits per heavy atom. The van der Waals surface area contributed by atoms with Crippen LogP contribution in [0, 0.1) is 5.92 Å². The van der Waals surface area contributed by atoms with Crippen LogP contribution in [-0.2, 0) is 11.3 Å². The van der Waals surface area contributed by atoms with E-state index in [2.05, 4.69) is 22.4 Å². The largest absolute Gasteiger partial charge is 0.497 e. The summed E-state index contributed by atoms with van der Waals surface area (Å²) < 4.78 is 5.21. The number of ether oxygens (including phenoxy) is 1. The molecule has 1 unspecified atom stereocenters. The van der Waals surface area contributed by atoms with Gasteiger partial charge in [0.2, 0.25) is 5.91 Å². The molecule has 4 nitrogen and oxygen atoms in total. The van der Waals surface area contributed by atoms with Crippen molar-refractivity contribution >= 4 is 5.91 Å². The molecule has 1 saturated carbocycles. The molecule has 23 heavy (non-hydrogen) atoms. The highest BCUT2D eigenvalue weighted by atomic mass is 16.5. The second kappa shape index (κ2) is 7.27. The monoisotopic (exact) mass is 310 g/mol. The number of hydrogen-bond acceptors (Lipinski definition) is 3. The van der Waals surface area contributed by atoms with Crippen LogP contribution in [0.3, 0.4) is 0 Å². The van der Waals surface area contributed by atoms with Crippen molar-refractivity contribution in [2.45, 2.75) is 31.7 Å². The van der Waals surface area contributed by atoms with E-state index in [1.807, 2.05) is 24.3 Å². The van der Waals surface area contributed by atoms with Crippen molar-refractivity contribution in [3.05, 3.63) is 59.9 Å². The first-order valence-electron chi connectivity index (χ1n) is 8.06. The van der Waals surface area contributed by atoms with Gasteiger partial charge in [0.15, 0.2) is 0 Å². The van der Waals surface area contributed by atoms with Crippen LogP contribution in [0.5, 0.6) is 5.75 Å². The van der Waals surface area contributed by atoms with Gasteiger partial charge in [0.05, 0.1) is 7.11 Å². The summed E-state index contributed by atoms with van der Waals surface area (Å²) in [5.74, 6) is 1.88. The standard InChI is InChI=1S/C19H22N2O2/c1-23-17-8-6-16(7-9-17)18(15-4-5-15)11-19(22)21-13-14-3-2-10-20-12-14/h2-3,6-10,12,15,18H,4-5,11,13H2,1H3,(H,21,22). The smallest absolute Gasteiger partial charge is 0.220 e. The second-order valence-corrected chi connectivity index (χ2v) is 6.06. The maximum atomic E-state index is 12.3. The Kier molecular flexibility index (Phi) is 4.91. The minimum atomic E-state index is 0.0987. The first-order chi connectivity index (χ1) is 11.3. The predicted octanol–water partition coefficient (Wildman–Crippen LogP) is 3.29. The second-order valence-electron chi connectivity index (χ2n) is 6.06. The van der Waals surface area contributed by atoms with Crippen molar-refractivity contribution < 1.29 is 9.53 Å². The first kappa shape index (κ1) is 15.5. The van der Waals surface area contributed by atoms with E-state index < -0.39 is 0 Å². The first-order valence-corrected chi connectivity index (χ1v) is 8.06. The molecule has 0 bridgehead atoms. The molecule has 2 aromatic rings. The molecule has 0 aliphatic heterocycles. The molecule has 1 amide bonds. The minimum absolute atomic E-state index is 0.0987. The zero-order chi connectivity index (χ0) is 16.1. The number of rotatable bonds is 7. The Hall–Kier alpha value is -2.36. The Morgan fingerprint density at radius 2 is 2.09 bits per heavy atom. The molecule has 1 aromatic heterocycles. The van der Waals surface area contributed by atoms with E-state index in [-0.39, 0.29) is 5.91 Å². The summed E-state index contributed by atoms with van der Waals surface area (Å²) in [7, 11) is 1.67. The van der Waals surface area contributed by atoms with E-state index >= 15 is 0 Å². The average Bonchev–Trinajstić information content (AvgIpc) is 3.44. The number of aromatic nitrogens is 1. The van der Waals surface area contributed by atoms with E-state index in [0.29, 0.717) is 24.8 Å². The van der Waals surface area contributed by atoms with E-state index in [1.54, 1.807) is 19.5 Å². The van der Waals surface area contributed by atoms with Crippen molar-refractivity contribution in [2.75, 3.05) is 7.11 Å². The maximum absolute atomic E-state index is 12.3. The average molecular weight is 310 g/mol. The zero-order valence-electron chi connectivity index (χ0n) is 13.4. The number of pyridine rings is 1. The number of nitrogens with zero attached hydrogens (tertiary/aromatic N) is 1. The third-order valence-electron chi connectivity index (χ3n) is 4.35. The highest BCUT2D eigenvalue weighted by Crippen LogP contribution is 2.44. The van der Waals surface area contributed by atoms with Crippen molar-refractivity contribution in [1.29, 1.82) is 0 Å². The van der Waals surface area contributed by atoms with Gasteiger partial charge in [-0.25, -0.2) is 0 Å². The lowest BCUT2D eigenvalue weighted by Crippen LogP contribution is -2.25. The number of methoxy groups -OCH3 is 1. The zero-order valence-corrected chi connectivity index (χ0v) is 13.4. The van der Waals surface area contributed by atoms with Crippen molar-refractivity contribution in [3.8, 4) is 5.75 Å². The quantitative estimate of drug-likeness (QED) is 0.854. The van der Waals surface area contributed by atoms with E-state index in [1.165, 1.54) is 18.4 Å². The normalized spacial score (nSPS) is 15.0. The van der Waals surface area contributed by atoms with E-state index in [0.717, 1.165) is 11.3 Å². The lowest BCUT2D eigenvalue weighted by Gasteiger charge is -2.17. The van der Waals surface area contributed by atoms with Crippen molar-refractivity contribution in [3.63, 3.8) is 0 Å². The fraction of sp³-hybridized carbons (Fsp3) is 0.368. The van der Waals surface area contributed by atoms with Crippen LogP contribution in [0.2, 0.25) is 0 Å². The Morgan fingerprint density at radius 3 is 2.70 bits per heavy atom. The molecule has 3 rings (SSSR count). The molecule has 0 saturated heterocycles. The summed E-state index contributed by atoms with van der Waals surface area (Å²) in [6.07, 6.45) is 6.48. The number of carbonyl (C=O) groups is 1. The predicted molar refractivity (Wildman–Crippen MR) is 89.2 cm³/mol. The third-order valence-corrected chi connectivity index (χ3v) is 4.35. The SMILES string of the molecule is COc1ccc(C(CC(=O)NCc2cccnc2)C2CC2)cc1. The van der Waals surface area contributed by atoms with Gasteiger partial charge in [-0.3, -0.25) is 9.78 Å². The van der Waals surface area contributed by atoms with Crippen LogP contribution >= 0.6 is 0 Å². The molecule has 1 N–H and O–H groups in total. The molecular weight excluding hydrogens is 288 g/mol. The van der Waals surface area contributed by atoms with Gasteiger partial charge in [-0.05, 0) is 54.0 Å². The van der Waals surface area contributed by atoms with Gasteiger partial charge in [0.1, 0.15) is 5.75 Å². The van der Waals surface area contributed by atoms with Gasteiger partial charge >= 0.3 is 0 Å². The number of amides is 1. The molecule has 1 aromatic carbocycles. The van der Waals surface area contributed by atoms with Crippen LogP contribution in [0.25, 0.3) is 0 Å². The van der Waals surface area contributed by atoms with E-state index in [4.69, 9.17) is 4.74 Å². The molecule has 4 heteroatoms. The van der Waals surface area contributed by atoms with Gasteiger partial charge in [-0.1, -0.05) is 18.2 Å². The molecule has 1 fully saturated rings. The molecule has 1 atom stereocenters. The summed E-state index contributed by atoms with van der Waals surface area (Å²) in [5.41, 5.74) is 2.25. The molecular formula is C19H22N2O2. The summed E-state index contributed by atoms with van der Waals surface area (Å²) in [6, 6.07) is 11.9. The number of hydrogen-bond donors (Lipinski definition) is 1. The lowest BCUT2D eigenvalue weighted by atomic mass is 9.90. The van der Waals surface area contributed by atoms with Gasteiger partial charge in [0.25, 0.3) is 0 Å². The molecule has 0 spiro atoms. The van der Waals surface area contributed by atoms with Gasteiger partial charge in [-0.2, -0.15) is 0 Å². The Bertz CT molecular complexity index is 636. The van der Waals surface area contributed by atoms with Crippen LogP contribution < -0.4 is 10.1 Å². The molecule has 1 heterocycles. The van der Waals surface area contributed by atoms with Crippen molar-refractivity contribution in [2.24, 2.45) is 5.92 Å². The topological polar surface area (TPSA) is 51.2 Å².